The molecule has 1 aliphatic rings. The maximum atomic E-state index is 12.6. The zero-order chi connectivity index (χ0) is 21.1. The monoisotopic (exact) mass is 484 g/mol. The fourth-order valence-corrected chi connectivity index (χ4v) is 4.56. The van der Waals surface area contributed by atoms with E-state index in [0.717, 1.165) is 26.9 Å². The first-order valence-electron chi connectivity index (χ1n) is 9.85. The van der Waals surface area contributed by atoms with Crippen molar-refractivity contribution in [2.75, 3.05) is 18.5 Å². The molecule has 0 bridgehead atoms. The van der Waals surface area contributed by atoms with Gasteiger partial charge >= 0.3 is 5.97 Å². The average molecular weight is 486 g/mol. The minimum Gasteiger partial charge on any atom is -0.465 e. The van der Waals surface area contributed by atoms with E-state index in [9.17, 15) is 4.79 Å². The fraction of sp³-hybridized carbons (Fsp3) is 0.208. The molecule has 0 aliphatic carbocycles. The Hall–Kier alpha value is -2.34. The summed E-state index contributed by atoms with van der Waals surface area (Å²) in [6.45, 7) is 2.29. The first-order valence-corrected chi connectivity index (χ1v) is 11.0. The minimum atomic E-state index is -0.290. The van der Waals surface area contributed by atoms with E-state index in [1.165, 1.54) is 0 Å². The Morgan fingerprint density at radius 2 is 1.80 bits per heavy atom. The van der Waals surface area contributed by atoms with Crippen molar-refractivity contribution in [3.63, 3.8) is 0 Å². The van der Waals surface area contributed by atoms with E-state index in [1.54, 1.807) is 0 Å². The van der Waals surface area contributed by atoms with E-state index >= 15 is 0 Å². The molecule has 0 radical (unpaired) electrons. The van der Waals surface area contributed by atoms with Gasteiger partial charge in [-0.1, -0.05) is 76.1 Å². The lowest BCUT2D eigenvalue weighted by Gasteiger charge is -2.44. The molecule has 1 N–H and O–H groups in total. The number of halogens is 2. The van der Waals surface area contributed by atoms with Crippen LogP contribution in [0.5, 0.6) is 0 Å². The Morgan fingerprint density at radius 1 is 1.07 bits per heavy atom. The number of hydrogen-bond acceptors (Lipinski definition) is 4. The number of nitrogens with one attached hydrogen (secondary N) is 1. The molecular formula is C24H22BrClN2O2. The number of esters is 1. The highest BCUT2D eigenvalue weighted by atomic mass is 79.9. The van der Waals surface area contributed by atoms with Crippen LogP contribution in [0.15, 0.2) is 77.3 Å². The van der Waals surface area contributed by atoms with E-state index in [4.69, 9.17) is 16.3 Å². The van der Waals surface area contributed by atoms with Gasteiger partial charge in [0, 0.05) is 20.7 Å². The molecule has 2 atom stereocenters. The lowest BCUT2D eigenvalue weighted by molar-refractivity contribution is -0.145. The number of ether oxygens (including phenoxy) is 1. The Kier molecular flexibility index (Phi) is 6.42. The van der Waals surface area contributed by atoms with Crippen molar-refractivity contribution < 1.29 is 9.53 Å². The van der Waals surface area contributed by atoms with E-state index in [-0.39, 0.29) is 24.7 Å². The van der Waals surface area contributed by atoms with Crippen molar-refractivity contribution in [3.8, 4) is 0 Å². The van der Waals surface area contributed by atoms with Gasteiger partial charge in [0.1, 0.15) is 6.17 Å². The van der Waals surface area contributed by atoms with Crippen LogP contribution in [0.1, 0.15) is 35.8 Å². The summed E-state index contributed by atoms with van der Waals surface area (Å²) in [7, 11) is 0. The Labute approximate surface area is 189 Å². The van der Waals surface area contributed by atoms with Gasteiger partial charge in [-0.3, -0.25) is 9.69 Å². The normalized spacial score (nSPS) is 18.4. The van der Waals surface area contributed by atoms with Crippen LogP contribution in [-0.4, -0.2) is 24.0 Å². The fourth-order valence-electron chi connectivity index (χ4n) is 3.95. The van der Waals surface area contributed by atoms with Crippen LogP contribution in [0.4, 0.5) is 5.69 Å². The minimum absolute atomic E-state index is 0.127. The molecule has 0 aromatic heterocycles. The standard InChI is InChI=1S/C24H22BrClN2O2/c1-2-30-22(29)15-28-23(16-8-4-3-5-9-16)19-14-17(25)12-13-21(19)27-24(28)18-10-6-7-11-20(18)26/h3-14,23-24,27H,2,15H2,1H3/t23-,24+/m1/s1. The van der Waals surface area contributed by atoms with Gasteiger partial charge in [0.05, 0.1) is 19.2 Å². The number of carbonyl (C=O) groups excluding carboxylic acids is 1. The summed E-state index contributed by atoms with van der Waals surface area (Å²) in [5.41, 5.74) is 4.11. The topological polar surface area (TPSA) is 41.6 Å². The van der Waals surface area contributed by atoms with Gasteiger partial charge in [-0.05, 0) is 42.3 Å². The van der Waals surface area contributed by atoms with E-state index in [0.29, 0.717) is 11.6 Å². The van der Waals surface area contributed by atoms with Crippen LogP contribution in [0, 0.1) is 0 Å². The van der Waals surface area contributed by atoms with E-state index in [2.05, 4.69) is 50.4 Å². The third-order valence-electron chi connectivity index (χ3n) is 5.20. The second kappa shape index (κ2) is 9.21. The highest BCUT2D eigenvalue weighted by Gasteiger charge is 2.38. The second-order valence-electron chi connectivity index (χ2n) is 7.09. The third kappa shape index (κ3) is 4.24. The van der Waals surface area contributed by atoms with E-state index < -0.39 is 0 Å². The maximum Gasteiger partial charge on any atom is 0.320 e. The highest BCUT2D eigenvalue weighted by Crippen LogP contribution is 2.45. The van der Waals surface area contributed by atoms with Crippen molar-refractivity contribution in [3.05, 3.63) is 99.0 Å². The summed E-state index contributed by atoms with van der Waals surface area (Å²) in [6, 6.07) is 23.9. The molecule has 0 saturated heterocycles. The molecule has 1 heterocycles. The lowest BCUT2D eigenvalue weighted by Crippen LogP contribution is -2.44. The number of hydrogen-bond donors (Lipinski definition) is 1. The van der Waals surface area contributed by atoms with Crippen LogP contribution in [0.2, 0.25) is 5.02 Å². The average Bonchev–Trinajstić information content (AvgIpc) is 2.74. The molecule has 0 amide bonds. The first-order chi connectivity index (χ1) is 14.6. The van der Waals surface area contributed by atoms with Crippen LogP contribution in [-0.2, 0) is 9.53 Å². The second-order valence-corrected chi connectivity index (χ2v) is 8.41. The molecule has 4 rings (SSSR count). The van der Waals surface area contributed by atoms with Gasteiger partial charge in [0.25, 0.3) is 0 Å². The lowest BCUT2D eigenvalue weighted by atomic mass is 9.91. The van der Waals surface area contributed by atoms with Crippen LogP contribution in [0.3, 0.4) is 0 Å². The number of rotatable bonds is 5. The predicted octanol–water partition coefficient (Wildman–Crippen LogP) is 6.18. The Balaban J connectivity index is 1.89. The van der Waals surface area contributed by atoms with Crippen molar-refractivity contribution >= 4 is 39.2 Å². The summed E-state index contributed by atoms with van der Waals surface area (Å²) in [5.74, 6) is -0.268. The van der Waals surface area contributed by atoms with Crippen LogP contribution >= 0.6 is 27.5 Å². The molecule has 6 heteroatoms. The molecule has 0 saturated carbocycles. The molecule has 1 aliphatic heterocycles. The molecule has 0 spiro atoms. The zero-order valence-electron chi connectivity index (χ0n) is 16.5. The van der Waals surface area contributed by atoms with Gasteiger partial charge in [0.15, 0.2) is 0 Å². The van der Waals surface area contributed by atoms with Crippen molar-refractivity contribution in [1.29, 1.82) is 0 Å². The predicted molar refractivity (Wildman–Crippen MR) is 124 cm³/mol. The van der Waals surface area contributed by atoms with Crippen LogP contribution < -0.4 is 5.32 Å². The molecule has 154 valence electrons. The highest BCUT2D eigenvalue weighted by molar-refractivity contribution is 9.10. The molecular weight excluding hydrogens is 464 g/mol. The quantitative estimate of drug-likeness (QED) is 0.438. The van der Waals surface area contributed by atoms with Gasteiger partial charge in [-0.25, -0.2) is 0 Å². The summed E-state index contributed by atoms with van der Waals surface area (Å²) in [5, 5.41) is 4.24. The molecule has 3 aromatic carbocycles. The van der Waals surface area contributed by atoms with Gasteiger partial charge in [-0.2, -0.15) is 0 Å². The number of carbonyl (C=O) groups is 1. The summed E-state index contributed by atoms with van der Waals surface area (Å²) < 4.78 is 6.29. The molecule has 4 nitrogen and oxygen atoms in total. The van der Waals surface area contributed by atoms with Crippen molar-refractivity contribution in [2.45, 2.75) is 19.1 Å². The van der Waals surface area contributed by atoms with E-state index in [1.807, 2.05) is 55.5 Å². The number of fused-ring (bicyclic) bond motifs is 1. The summed E-state index contributed by atoms with van der Waals surface area (Å²) in [6.07, 6.45) is -0.290. The summed E-state index contributed by atoms with van der Waals surface area (Å²) in [4.78, 5) is 14.7. The van der Waals surface area contributed by atoms with Gasteiger partial charge < -0.3 is 10.1 Å². The molecule has 3 aromatic rings. The van der Waals surface area contributed by atoms with Crippen LogP contribution in [0.25, 0.3) is 0 Å². The molecule has 0 fully saturated rings. The van der Waals surface area contributed by atoms with Crippen molar-refractivity contribution in [1.82, 2.24) is 4.90 Å². The largest absolute Gasteiger partial charge is 0.465 e. The zero-order valence-corrected chi connectivity index (χ0v) is 18.9. The molecule has 0 unspecified atom stereocenters. The SMILES string of the molecule is CCOC(=O)CN1[C@H](c2ccccc2)c2cc(Br)ccc2N[C@@H]1c1ccccc1Cl. The Bertz CT molecular complexity index is 1040. The first kappa shape index (κ1) is 20.9. The Morgan fingerprint density at radius 3 is 2.53 bits per heavy atom. The number of benzene rings is 3. The number of anilines is 1. The maximum absolute atomic E-state index is 12.6. The smallest absolute Gasteiger partial charge is 0.320 e. The number of nitrogens with zero attached hydrogens (tertiary/aromatic N) is 1. The van der Waals surface area contributed by atoms with Gasteiger partial charge in [-0.15, -0.1) is 0 Å². The van der Waals surface area contributed by atoms with Crippen molar-refractivity contribution in [2.24, 2.45) is 0 Å². The summed E-state index contributed by atoms with van der Waals surface area (Å²) >= 11 is 10.2. The molecule has 30 heavy (non-hydrogen) atoms. The third-order valence-corrected chi connectivity index (χ3v) is 6.03. The van der Waals surface area contributed by atoms with Gasteiger partial charge in [0.2, 0.25) is 0 Å².